The Labute approximate surface area is 131 Å². The number of carbonyl (C=O) groups excluding carboxylic acids is 1. The highest BCUT2D eigenvalue weighted by Gasteiger charge is 2.31. The van der Waals surface area contributed by atoms with Gasteiger partial charge in [-0.3, -0.25) is 5.10 Å². The summed E-state index contributed by atoms with van der Waals surface area (Å²) >= 11 is 0. The Balaban J connectivity index is 1.79. The number of urea groups is 1. The van der Waals surface area contributed by atoms with Crippen LogP contribution in [0.3, 0.4) is 0 Å². The number of amides is 2. The number of H-pyrrole nitrogens is 1. The van der Waals surface area contributed by atoms with Crippen LogP contribution in [-0.2, 0) is 4.74 Å². The molecule has 2 fully saturated rings. The van der Waals surface area contributed by atoms with E-state index < -0.39 is 0 Å². The molecule has 1 aromatic rings. The molecule has 3 rings (SSSR count). The van der Waals surface area contributed by atoms with E-state index in [1.807, 2.05) is 18.7 Å². The maximum atomic E-state index is 12.8. The molecule has 2 aliphatic heterocycles. The molecular weight excluding hydrogens is 280 g/mol. The fraction of sp³-hybridized carbons (Fsp3) is 0.750. The first-order valence-electron chi connectivity index (χ1n) is 8.33. The zero-order valence-electron chi connectivity index (χ0n) is 13.5. The second-order valence-corrected chi connectivity index (χ2v) is 6.42. The van der Waals surface area contributed by atoms with Gasteiger partial charge in [-0.1, -0.05) is 12.8 Å². The number of aromatic nitrogens is 2. The van der Waals surface area contributed by atoms with E-state index in [4.69, 9.17) is 4.74 Å². The molecular formula is C16H26N4O2. The largest absolute Gasteiger partial charge is 0.379 e. The molecule has 2 saturated heterocycles. The van der Waals surface area contributed by atoms with Crippen LogP contribution in [0.15, 0.2) is 0 Å². The second kappa shape index (κ2) is 6.69. The lowest BCUT2D eigenvalue weighted by molar-refractivity contribution is 0.164. The predicted molar refractivity (Wildman–Crippen MR) is 83.7 cm³/mol. The van der Waals surface area contributed by atoms with Crippen molar-refractivity contribution >= 4 is 6.03 Å². The van der Waals surface area contributed by atoms with Crippen molar-refractivity contribution in [2.75, 3.05) is 19.8 Å². The Morgan fingerprint density at radius 3 is 2.86 bits per heavy atom. The van der Waals surface area contributed by atoms with Crippen molar-refractivity contribution in [2.45, 2.75) is 58.0 Å². The Morgan fingerprint density at radius 2 is 2.18 bits per heavy atom. The molecule has 0 radical (unpaired) electrons. The van der Waals surface area contributed by atoms with Crippen molar-refractivity contribution in [3.8, 4) is 0 Å². The lowest BCUT2D eigenvalue weighted by Gasteiger charge is -2.31. The van der Waals surface area contributed by atoms with Crippen LogP contribution in [0.1, 0.15) is 55.1 Å². The van der Waals surface area contributed by atoms with Crippen LogP contribution in [0.4, 0.5) is 4.79 Å². The Bertz CT molecular complexity index is 503. The number of likely N-dealkylation sites (tertiary alicyclic amines) is 1. The quantitative estimate of drug-likeness (QED) is 0.881. The number of nitrogens with one attached hydrogen (secondary N) is 2. The van der Waals surface area contributed by atoms with Crippen molar-refractivity contribution in [1.82, 2.24) is 20.4 Å². The van der Waals surface area contributed by atoms with Crippen molar-refractivity contribution in [3.63, 3.8) is 0 Å². The molecule has 2 amide bonds. The number of nitrogens with zero attached hydrogens (tertiary/aromatic N) is 2. The number of carbonyl (C=O) groups is 1. The number of rotatable bonds is 2. The van der Waals surface area contributed by atoms with E-state index in [1.54, 1.807) is 0 Å². The van der Waals surface area contributed by atoms with E-state index in [9.17, 15) is 4.79 Å². The van der Waals surface area contributed by atoms with Crippen molar-refractivity contribution in [1.29, 1.82) is 0 Å². The molecule has 0 aromatic carbocycles. The number of aryl methyl sites for hydroxylation is 2. The van der Waals surface area contributed by atoms with Gasteiger partial charge in [-0.25, -0.2) is 4.79 Å². The van der Waals surface area contributed by atoms with E-state index in [-0.39, 0.29) is 18.1 Å². The molecule has 0 saturated carbocycles. The lowest BCUT2D eigenvalue weighted by Crippen LogP contribution is -2.46. The maximum absolute atomic E-state index is 12.8. The van der Waals surface area contributed by atoms with E-state index in [0.29, 0.717) is 6.61 Å². The summed E-state index contributed by atoms with van der Waals surface area (Å²) < 4.78 is 5.36. The van der Waals surface area contributed by atoms with E-state index in [2.05, 4.69) is 15.5 Å². The fourth-order valence-electron chi connectivity index (χ4n) is 3.61. The predicted octanol–water partition coefficient (Wildman–Crippen LogP) is 2.44. The minimum atomic E-state index is 0.0439. The molecule has 0 spiro atoms. The lowest BCUT2D eigenvalue weighted by atomic mass is 9.99. The minimum absolute atomic E-state index is 0.0439. The third-order valence-electron chi connectivity index (χ3n) is 4.79. The summed E-state index contributed by atoms with van der Waals surface area (Å²) in [5, 5.41) is 10.5. The first-order chi connectivity index (χ1) is 10.7. The van der Waals surface area contributed by atoms with Crippen molar-refractivity contribution in [3.05, 3.63) is 17.0 Å². The van der Waals surface area contributed by atoms with Gasteiger partial charge in [0.25, 0.3) is 0 Å². The highest BCUT2D eigenvalue weighted by Crippen LogP contribution is 2.33. The van der Waals surface area contributed by atoms with Crippen LogP contribution >= 0.6 is 0 Å². The van der Waals surface area contributed by atoms with Gasteiger partial charge in [-0.05, 0) is 33.1 Å². The number of ether oxygens (including phenoxy) is 1. The summed E-state index contributed by atoms with van der Waals surface area (Å²) in [6, 6.07) is 0.328. The third-order valence-corrected chi connectivity index (χ3v) is 4.79. The van der Waals surface area contributed by atoms with Crippen LogP contribution in [0, 0.1) is 13.8 Å². The van der Waals surface area contributed by atoms with Gasteiger partial charge < -0.3 is 15.0 Å². The van der Waals surface area contributed by atoms with Crippen LogP contribution in [0.2, 0.25) is 0 Å². The Hall–Kier alpha value is -1.56. The van der Waals surface area contributed by atoms with Gasteiger partial charge in [0, 0.05) is 24.4 Å². The van der Waals surface area contributed by atoms with Gasteiger partial charge in [-0.15, -0.1) is 0 Å². The summed E-state index contributed by atoms with van der Waals surface area (Å²) in [5.41, 5.74) is 3.28. The molecule has 0 aliphatic carbocycles. The maximum Gasteiger partial charge on any atom is 0.318 e. The van der Waals surface area contributed by atoms with Crippen LogP contribution in [-0.4, -0.2) is 46.9 Å². The molecule has 3 heterocycles. The van der Waals surface area contributed by atoms with Gasteiger partial charge in [-0.2, -0.15) is 5.10 Å². The number of hydrogen-bond acceptors (Lipinski definition) is 3. The highest BCUT2D eigenvalue weighted by atomic mass is 16.5. The third kappa shape index (κ3) is 3.11. The number of hydrogen-bond donors (Lipinski definition) is 2. The van der Waals surface area contributed by atoms with Gasteiger partial charge in [0.15, 0.2) is 0 Å². The first kappa shape index (κ1) is 15.3. The average Bonchev–Trinajstić information content (AvgIpc) is 3.03. The first-order valence-corrected chi connectivity index (χ1v) is 8.33. The summed E-state index contributed by atoms with van der Waals surface area (Å²) in [6.45, 7) is 6.25. The normalized spacial score (nSPS) is 26.0. The Morgan fingerprint density at radius 1 is 1.32 bits per heavy atom. The SMILES string of the molecule is Cc1n[nH]c(C)c1[C@@H]1CCCCCN1C(=O)N[C@@H]1CCOC1. The minimum Gasteiger partial charge on any atom is -0.379 e. The molecule has 2 atom stereocenters. The zero-order chi connectivity index (χ0) is 15.5. The van der Waals surface area contributed by atoms with Crippen LogP contribution < -0.4 is 5.32 Å². The van der Waals surface area contributed by atoms with Gasteiger partial charge in [0.2, 0.25) is 0 Å². The second-order valence-electron chi connectivity index (χ2n) is 6.42. The summed E-state index contributed by atoms with van der Waals surface area (Å²) in [7, 11) is 0. The Kier molecular flexibility index (Phi) is 4.66. The van der Waals surface area contributed by atoms with Crippen molar-refractivity contribution in [2.24, 2.45) is 0 Å². The summed E-state index contributed by atoms with van der Waals surface area (Å²) in [4.78, 5) is 14.8. The molecule has 122 valence electrons. The summed E-state index contributed by atoms with van der Waals surface area (Å²) in [5.74, 6) is 0. The molecule has 22 heavy (non-hydrogen) atoms. The summed E-state index contributed by atoms with van der Waals surface area (Å²) in [6.07, 6.45) is 5.33. The molecule has 2 aliphatic rings. The number of aromatic amines is 1. The topological polar surface area (TPSA) is 70.2 Å². The highest BCUT2D eigenvalue weighted by molar-refractivity contribution is 5.75. The molecule has 1 aromatic heterocycles. The molecule has 0 unspecified atom stereocenters. The van der Waals surface area contributed by atoms with E-state index in [1.165, 1.54) is 12.0 Å². The standard InChI is InChI=1S/C16H26N4O2/c1-11-15(12(2)19-18-11)14-6-4-3-5-8-20(14)16(21)17-13-7-9-22-10-13/h13-14H,3-10H2,1-2H3,(H,17,21)(H,18,19)/t13-,14+/m1/s1. The van der Waals surface area contributed by atoms with Crippen LogP contribution in [0.25, 0.3) is 0 Å². The molecule has 0 bridgehead atoms. The van der Waals surface area contributed by atoms with Crippen LogP contribution in [0.5, 0.6) is 0 Å². The van der Waals surface area contributed by atoms with Gasteiger partial charge >= 0.3 is 6.03 Å². The zero-order valence-corrected chi connectivity index (χ0v) is 13.5. The monoisotopic (exact) mass is 306 g/mol. The van der Waals surface area contributed by atoms with Crippen molar-refractivity contribution < 1.29 is 9.53 Å². The molecule has 2 N–H and O–H groups in total. The van der Waals surface area contributed by atoms with E-state index >= 15 is 0 Å². The smallest absolute Gasteiger partial charge is 0.318 e. The molecule has 6 nitrogen and oxygen atoms in total. The van der Waals surface area contributed by atoms with Gasteiger partial charge in [0.1, 0.15) is 0 Å². The average molecular weight is 306 g/mol. The molecule has 6 heteroatoms. The van der Waals surface area contributed by atoms with E-state index in [0.717, 1.165) is 50.2 Å². The fourth-order valence-corrected chi connectivity index (χ4v) is 3.61. The van der Waals surface area contributed by atoms with Gasteiger partial charge in [0.05, 0.1) is 24.4 Å².